The summed E-state index contributed by atoms with van der Waals surface area (Å²) in [7, 11) is 0. The minimum Gasteiger partial charge on any atom is -0.252 e. The van der Waals surface area contributed by atoms with Gasteiger partial charge in [-0.05, 0) is 43.0 Å². The van der Waals surface area contributed by atoms with Crippen LogP contribution in [-0.4, -0.2) is 4.98 Å². The van der Waals surface area contributed by atoms with E-state index < -0.39 is 0 Å². The lowest BCUT2D eigenvalue weighted by Crippen LogP contribution is -1.92. The van der Waals surface area contributed by atoms with Gasteiger partial charge < -0.3 is 0 Å². The second-order valence-corrected chi connectivity index (χ2v) is 4.24. The van der Waals surface area contributed by atoms with Crippen LogP contribution in [-0.2, 0) is 12.8 Å². The fourth-order valence-corrected chi connectivity index (χ4v) is 2.53. The van der Waals surface area contributed by atoms with Gasteiger partial charge in [-0.1, -0.05) is 11.6 Å². The predicted molar refractivity (Wildman–Crippen MR) is 58.7 cm³/mol. The van der Waals surface area contributed by atoms with Crippen LogP contribution in [0.4, 0.5) is 4.39 Å². The maximum atomic E-state index is 13.1. The smallest absolute Gasteiger partial charge is 0.124 e. The Kier molecular flexibility index (Phi) is 1.93. The number of hydrogen-bond donors (Lipinski definition) is 0. The lowest BCUT2D eigenvalue weighted by Gasteiger charge is -2.06. The van der Waals surface area contributed by atoms with Gasteiger partial charge >= 0.3 is 0 Å². The van der Waals surface area contributed by atoms with E-state index in [1.54, 1.807) is 6.07 Å². The van der Waals surface area contributed by atoms with Crippen molar-refractivity contribution in [3.63, 3.8) is 0 Å². The van der Waals surface area contributed by atoms with Crippen molar-refractivity contribution in [1.82, 2.24) is 4.98 Å². The molecule has 0 fully saturated rings. The molecule has 0 N–H and O–H groups in total. The minimum absolute atomic E-state index is 0.260. The van der Waals surface area contributed by atoms with Crippen LogP contribution in [0, 0.1) is 5.82 Å². The molecule has 0 amide bonds. The van der Waals surface area contributed by atoms with Gasteiger partial charge in [0.2, 0.25) is 0 Å². The third-order valence-corrected chi connectivity index (χ3v) is 3.34. The number of rotatable bonds is 0. The van der Waals surface area contributed by atoms with E-state index in [4.69, 9.17) is 11.6 Å². The zero-order chi connectivity index (χ0) is 10.4. The van der Waals surface area contributed by atoms with Crippen molar-refractivity contribution in [3.8, 4) is 0 Å². The molecule has 0 bridgehead atoms. The Morgan fingerprint density at radius 3 is 3.00 bits per heavy atom. The number of hydrogen-bond acceptors (Lipinski definition) is 1. The summed E-state index contributed by atoms with van der Waals surface area (Å²) in [4.78, 5) is 4.51. The van der Waals surface area contributed by atoms with Gasteiger partial charge in [0.25, 0.3) is 0 Å². The Morgan fingerprint density at radius 2 is 2.13 bits per heavy atom. The van der Waals surface area contributed by atoms with Gasteiger partial charge in [0, 0.05) is 11.1 Å². The highest BCUT2D eigenvalue weighted by Crippen LogP contribution is 2.33. The van der Waals surface area contributed by atoms with E-state index >= 15 is 0 Å². The summed E-state index contributed by atoms with van der Waals surface area (Å²) in [6, 6.07) is 4.57. The molecule has 2 aromatic rings. The number of pyridine rings is 1. The van der Waals surface area contributed by atoms with Crippen LogP contribution in [0.3, 0.4) is 0 Å². The fourth-order valence-electron chi connectivity index (χ4n) is 2.18. The summed E-state index contributed by atoms with van der Waals surface area (Å²) in [5.74, 6) is -0.260. The predicted octanol–water partition coefficient (Wildman–Crippen LogP) is 3.52. The Bertz CT molecular complexity index is 551. The molecule has 1 aliphatic carbocycles. The molecule has 0 atom stereocenters. The maximum Gasteiger partial charge on any atom is 0.124 e. The van der Waals surface area contributed by atoms with Gasteiger partial charge in [0.05, 0.1) is 10.5 Å². The molecule has 15 heavy (non-hydrogen) atoms. The van der Waals surface area contributed by atoms with E-state index in [2.05, 4.69) is 4.98 Å². The number of benzene rings is 1. The zero-order valence-electron chi connectivity index (χ0n) is 8.06. The van der Waals surface area contributed by atoms with E-state index in [-0.39, 0.29) is 5.82 Å². The summed E-state index contributed by atoms with van der Waals surface area (Å²) in [5, 5.41) is 1.42. The third-order valence-electron chi connectivity index (χ3n) is 2.90. The van der Waals surface area contributed by atoms with Crippen molar-refractivity contribution < 1.29 is 4.39 Å². The van der Waals surface area contributed by atoms with E-state index in [0.29, 0.717) is 5.02 Å². The number of aromatic nitrogens is 1. The molecule has 1 nitrogen and oxygen atoms in total. The minimum atomic E-state index is -0.260. The maximum absolute atomic E-state index is 13.1. The average Bonchev–Trinajstić information content (AvgIpc) is 2.68. The van der Waals surface area contributed by atoms with Crippen LogP contribution < -0.4 is 0 Å². The number of halogens is 2. The molecule has 1 aromatic heterocycles. The van der Waals surface area contributed by atoms with Crippen molar-refractivity contribution in [3.05, 3.63) is 40.3 Å². The van der Waals surface area contributed by atoms with Crippen molar-refractivity contribution in [1.29, 1.82) is 0 Å². The molecule has 0 radical (unpaired) electrons. The van der Waals surface area contributed by atoms with Gasteiger partial charge in [0.1, 0.15) is 5.82 Å². The summed E-state index contributed by atoms with van der Waals surface area (Å²) < 4.78 is 13.1. The molecule has 1 aliphatic rings. The molecule has 0 unspecified atom stereocenters. The SMILES string of the molecule is Fc1ccc2nc3c(c(Cl)c2c1)CCC3. The van der Waals surface area contributed by atoms with Gasteiger partial charge in [-0.25, -0.2) is 4.39 Å². The molecule has 0 aliphatic heterocycles. The molecule has 0 spiro atoms. The van der Waals surface area contributed by atoms with Crippen molar-refractivity contribution in [2.24, 2.45) is 0 Å². The Hall–Kier alpha value is -1.15. The molecule has 1 heterocycles. The van der Waals surface area contributed by atoms with Crippen molar-refractivity contribution >= 4 is 22.5 Å². The van der Waals surface area contributed by atoms with E-state index in [1.807, 2.05) is 0 Å². The first kappa shape index (κ1) is 9.10. The Morgan fingerprint density at radius 1 is 1.27 bits per heavy atom. The second-order valence-electron chi connectivity index (χ2n) is 3.87. The quantitative estimate of drug-likeness (QED) is 0.663. The highest BCUT2D eigenvalue weighted by molar-refractivity contribution is 6.36. The molecular weight excluding hydrogens is 213 g/mol. The molecular formula is C12H9ClFN. The third kappa shape index (κ3) is 1.32. The number of aryl methyl sites for hydroxylation is 1. The van der Waals surface area contributed by atoms with E-state index in [9.17, 15) is 4.39 Å². The Balaban J connectivity index is 2.41. The van der Waals surface area contributed by atoms with Crippen LogP contribution in [0.2, 0.25) is 5.02 Å². The van der Waals surface area contributed by atoms with Crippen LogP contribution in [0.5, 0.6) is 0 Å². The largest absolute Gasteiger partial charge is 0.252 e. The highest BCUT2D eigenvalue weighted by Gasteiger charge is 2.18. The first-order chi connectivity index (χ1) is 7.25. The summed E-state index contributed by atoms with van der Waals surface area (Å²) >= 11 is 6.25. The molecule has 1 aromatic carbocycles. The van der Waals surface area contributed by atoms with Crippen molar-refractivity contribution in [2.45, 2.75) is 19.3 Å². The molecule has 3 heteroatoms. The van der Waals surface area contributed by atoms with Crippen LogP contribution in [0.15, 0.2) is 18.2 Å². The normalized spacial score (nSPS) is 14.5. The van der Waals surface area contributed by atoms with Gasteiger partial charge in [-0.3, -0.25) is 4.98 Å². The van der Waals surface area contributed by atoms with Gasteiger partial charge in [-0.2, -0.15) is 0 Å². The monoisotopic (exact) mass is 221 g/mol. The summed E-state index contributed by atoms with van der Waals surface area (Å²) in [6.45, 7) is 0. The fraction of sp³-hybridized carbons (Fsp3) is 0.250. The number of fused-ring (bicyclic) bond motifs is 2. The average molecular weight is 222 g/mol. The lowest BCUT2D eigenvalue weighted by atomic mass is 10.1. The first-order valence-corrected chi connectivity index (χ1v) is 5.40. The topological polar surface area (TPSA) is 12.9 Å². The highest BCUT2D eigenvalue weighted by atomic mass is 35.5. The first-order valence-electron chi connectivity index (χ1n) is 5.02. The molecule has 0 saturated heterocycles. The summed E-state index contributed by atoms with van der Waals surface area (Å²) in [5.41, 5.74) is 2.98. The van der Waals surface area contributed by atoms with E-state index in [1.165, 1.54) is 12.1 Å². The van der Waals surface area contributed by atoms with Crippen LogP contribution in [0.1, 0.15) is 17.7 Å². The number of nitrogens with zero attached hydrogens (tertiary/aromatic N) is 1. The van der Waals surface area contributed by atoms with Gasteiger partial charge in [-0.15, -0.1) is 0 Å². The second kappa shape index (κ2) is 3.17. The zero-order valence-corrected chi connectivity index (χ0v) is 8.81. The van der Waals surface area contributed by atoms with Gasteiger partial charge in [0.15, 0.2) is 0 Å². The standard InChI is InChI=1S/C12H9ClFN/c13-12-8-2-1-3-10(8)15-11-5-4-7(14)6-9(11)12/h4-6H,1-3H2. The summed E-state index contributed by atoms with van der Waals surface area (Å²) in [6.07, 6.45) is 3.05. The molecule has 3 rings (SSSR count). The van der Waals surface area contributed by atoms with E-state index in [0.717, 1.165) is 41.4 Å². The lowest BCUT2D eigenvalue weighted by molar-refractivity contribution is 0.629. The van der Waals surface area contributed by atoms with Crippen molar-refractivity contribution in [2.75, 3.05) is 0 Å². The Labute approximate surface area is 91.9 Å². The molecule has 76 valence electrons. The molecule has 0 saturated carbocycles. The van der Waals surface area contributed by atoms with Crippen LogP contribution >= 0.6 is 11.6 Å². The van der Waals surface area contributed by atoms with Crippen LogP contribution in [0.25, 0.3) is 10.9 Å².